The number of halogens is 1. The van der Waals surface area contributed by atoms with Crippen molar-refractivity contribution in [1.29, 1.82) is 0 Å². The van der Waals surface area contributed by atoms with Crippen LogP contribution in [-0.2, 0) is 0 Å². The van der Waals surface area contributed by atoms with Gasteiger partial charge in [-0.2, -0.15) is 0 Å². The van der Waals surface area contributed by atoms with Crippen LogP contribution in [0.15, 0.2) is 28.7 Å². The van der Waals surface area contributed by atoms with Gasteiger partial charge in [0, 0.05) is 23.2 Å². The Bertz CT molecular complexity index is 268. The summed E-state index contributed by atoms with van der Waals surface area (Å²) < 4.78 is 0.985. The lowest BCUT2D eigenvalue weighted by Crippen LogP contribution is -2.27. The lowest BCUT2D eigenvalue weighted by atomic mass is 10.3. The van der Waals surface area contributed by atoms with Gasteiger partial charge >= 0.3 is 0 Å². The second-order valence-electron chi connectivity index (χ2n) is 2.75. The zero-order chi connectivity index (χ0) is 9.68. The number of aliphatic hydroxyl groups is 1. The van der Waals surface area contributed by atoms with E-state index in [9.17, 15) is 5.11 Å². The van der Waals surface area contributed by atoms with Gasteiger partial charge in [0.2, 0.25) is 0 Å². The van der Waals surface area contributed by atoms with Crippen LogP contribution in [0.3, 0.4) is 0 Å². The second-order valence-corrected chi connectivity index (χ2v) is 3.60. The number of para-hydroxylation sites is 1. The maximum Gasteiger partial charge on any atom is 0.0834 e. The van der Waals surface area contributed by atoms with Crippen molar-refractivity contribution in [2.75, 3.05) is 18.4 Å². The van der Waals surface area contributed by atoms with E-state index in [1.54, 1.807) is 0 Å². The molecule has 0 heterocycles. The van der Waals surface area contributed by atoms with Gasteiger partial charge in [-0.25, -0.2) is 0 Å². The molecule has 0 aromatic heterocycles. The molecule has 0 amide bonds. The maximum absolute atomic E-state index is 9.21. The number of benzene rings is 1. The van der Waals surface area contributed by atoms with Crippen molar-refractivity contribution in [2.24, 2.45) is 5.73 Å². The minimum Gasteiger partial charge on any atom is -0.390 e. The number of aliphatic hydroxyl groups excluding tert-OH is 1. The number of nitrogens with two attached hydrogens (primary N) is 1. The Hall–Kier alpha value is -0.580. The molecule has 1 aromatic carbocycles. The van der Waals surface area contributed by atoms with Gasteiger partial charge in [0.15, 0.2) is 0 Å². The molecular weight excluding hydrogens is 232 g/mol. The van der Waals surface area contributed by atoms with Crippen LogP contribution >= 0.6 is 15.9 Å². The molecule has 0 bridgehead atoms. The molecule has 0 radical (unpaired) electrons. The Morgan fingerprint density at radius 1 is 1.46 bits per heavy atom. The van der Waals surface area contributed by atoms with Gasteiger partial charge in [-0.3, -0.25) is 0 Å². The van der Waals surface area contributed by atoms with E-state index in [2.05, 4.69) is 21.2 Å². The van der Waals surface area contributed by atoms with E-state index >= 15 is 0 Å². The fourth-order valence-electron chi connectivity index (χ4n) is 0.916. The van der Waals surface area contributed by atoms with Crippen LogP contribution in [0.2, 0.25) is 0 Å². The van der Waals surface area contributed by atoms with Crippen LogP contribution in [0.1, 0.15) is 0 Å². The number of anilines is 1. The first-order valence-corrected chi connectivity index (χ1v) is 4.90. The molecule has 0 aliphatic carbocycles. The minimum atomic E-state index is -0.493. The summed E-state index contributed by atoms with van der Waals surface area (Å²) in [4.78, 5) is 0. The standard InChI is InChI=1S/C9H13BrN2O/c10-8-3-1-2-4-9(8)12-6-7(13)5-11/h1-4,7,12-13H,5-6,11H2. The zero-order valence-corrected chi connectivity index (χ0v) is 8.79. The molecule has 0 aliphatic heterocycles. The molecule has 0 aliphatic rings. The van der Waals surface area contributed by atoms with Gasteiger partial charge in [0.1, 0.15) is 0 Å². The summed E-state index contributed by atoms with van der Waals surface area (Å²) >= 11 is 3.39. The highest BCUT2D eigenvalue weighted by Gasteiger charge is 2.01. The molecule has 3 nitrogen and oxygen atoms in total. The Balaban J connectivity index is 2.50. The molecule has 0 fully saturated rings. The van der Waals surface area contributed by atoms with Crippen molar-refractivity contribution in [3.05, 3.63) is 28.7 Å². The molecule has 13 heavy (non-hydrogen) atoms. The van der Waals surface area contributed by atoms with Crippen LogP contribution in [-0.4, -0.2) is 24.3 Å². The van der Waals surface area contributed by atoms with Crippen molar-refractivity contribution >= 4 is 21.6 Å². The lowest BCUT2D eigenvalue weighted by Gasteiger charge is -2.11. The van der Waals surface area contributed by atoms with E-state index < -0.39 is 6.10 Å². The maximum atomic E-state index is 9.21. The first-order chi connectivity index (χ1) is 6.24. The highest BCUT2D eigenvalue weighted by Crippen LogP contribution is 2.20. The average Bonchev–Trinajstić information content (AvgIpc) is 2.16. The van der Waals surface area contributed by atoms with E-state index in [1.165, 1.54) is 0 Å². The predicted molar refractivity (Wildman–Crippen MR) is 57.7 cm³/mol. The average molecular weight is 245 g/mol. The molecule has 1 rings (SSSR count). The third-order valence-corrected chi connectivity index (χ3v) is 2.37. The summed E-state index contributed by atoms with van der Waals surface area (Å²) in [6.45, 7) is 0.747. The van der Waals surface area contributed by atoms with Gasteiger partial charge in [0.05, 0.1) is 6.10 Å². The number of hydrogen-bond donors (Lipinski definition) is 3. The van der Waals surface area contributed by atoms with Crippen molar-refractivity contribution < 1.29 is 5.11 Å². The van der Waals surface area contributed by atoms with Gasteiger partial charge in [-0.1, -0.05) is 12.1 Å². The summed E-state index contributed by atoms with van der Waals surface area (Å²) in [5, 5.41) is 12.3. The van der Waals surface area contributed by atoms with Gasteiger partial charge in [-0.15, -0.1) is 0 Å². The highest BCUT2D eigenvalue weighted by molar-refractivity contribution is 9.10. The van der Waals surface area contributed by atoms with E-state index in [0.717, 1.165) is 10.2 Å². The van der Waals surface area contributed by atoms with Crippen LogP contribution in [0, 0.1) is 0 Å². The van der Waals surface area contributed by atoms with Crippen molar-refractivity contribution in [3.8, 4) is 0 Å². The third kappa shape index (κ3) is 3.34. The van der Waals surface area contributed by atoms with Crippen LogP contribution < -0.4 is 11.1 Å². The predicted octanol–water partition coefficient (Wildman–Crippen LogP) is 1.18. The molecule has 4 N–H and O–H groups in total. The van der Waals surface area contributed by atoms with Gasteiger partial charge < -0.3 is 16.2 Å². The molecule has 1 aromatic rings. The third-order valence-electron chi connectivity index (χ3n) is 1.67. The molecule has 72 valence electrons. The fraction of sp³-hybridized carbons (Fsp3) is 0.333. The van der Waals surface area contributed by atoms with E-state index in [-0.39, 0.29) is 6.54 Å². The Morgan fingerprint density at radius 3 is 2.77 bits per heavy atom. The topological polar surface area (TPSA) is 58.3 Å². The highest BCUT2D eigenvalue weighted by atomic mass is 79.9. The SMILES string of the molecule is NCC(O)CNc1ccccc1Br. The molecule has 0 saturated heterocycles. The van der Waals surface area contributed by atoms with Crippen LogP contribution in [0.25, 0.3) is 0 Å². The van der Waals surface area contributed by atoms with Gasteiger partial charge in [-0.05, 0) is 28.1 Å². The normalized spacial score (nSPS) is 12.5. The van der Waals surface area contributed by atoms with Crippen molar-refractivity contribution in [3.63, 3.8) is 0 Å². The van der Waals surface area contributed by atoms with E-state index in [4.69, 9.17) is 5.73 Å². The monoisotopic (exact) mass is 244 g/mol. The summed E-state index contributed by atoms with van der Waals surface area (Å²) in [6.07, 6.45) is -0.493. The van der Waals surface area contributed by atoms with Crippen molar-refractivity contribution in [1.82, 2.24) is 0 Å². The molecule has 1 unspecified atom stereocenters. The molecule has 0 saturated carbocycles. The number of nitrogens with one attached hydrogen (secondary N) is 1. The molecular formula is C9H13BrN2O. The van der Waals surface area contributed by atoms with Gasteiger partial charge in [0.25, 0.3) is 0 Å². The second kappa shape index (κ2) is 5.21. The molecule has 4 heteroatoms. The van der Waals surface area contributed by atoms with E-state index in [0.29, 0.717) is 6.54 Å². The largest absolute Gasteiger partial charge is 0.390 e. The summed E-state index contributed by atoms with van der Waals surface area (Å²) in [5.74, 6) is 0. The Morgan fingerprint density at radius 2 is 2.15 bits per heavy atom. The first-order valence-electron chi connectivity index (χ1n) is 4.10. The quantitative estimate of drug-likeness (QED) is 0.746. The van der Waals surface area contributed by atoms with Crippen LogP contribution in [0.5, 0.6) is 0 Å². The number of rotatable bonds is 4. The zero-order valence-electron chi connectivity index (χ0n) is 7.20. The number of hydrogen-bond acceptors (Lipinski definition) is 3. The van der Waals surface area contributed by atoms with Crippen LogP contribution in [0.4, 0.5) is 5.69 Å². The Labute approximate surface area is 86.1 Å². The smallest absolute Gasteiger partial charge is 0.0834 e. The summed E-state index contributed by atoms with van der Waals surface area (Å²) in [5.41, 5.74) is 6.24. The minimum absolute atomic E-state index is 0.275. The summed E-state index contributed by atoms with van der Waals surface area (Å²) in [6, 6.07) is 7.75. The Kier molecular flexibility index (Phi) is 4.21. The van der Waals surface area contributed by atoms with E-state index in [1.807, 2.05) is 24.3 Å². The first kappa shape index (κ1) is 10.5. The molecule has 1 atom stereocenters. The fourth-order valence-corrected chi connectivity index (χ4v) is 1.34. The molecule has 0 spiro atoms. The lowest BCUT2D eigenvalue weighted by molar-refractivity contribution is 0.196. The van der Waals surface area contributed by atoms with Crippen molar-refractivity contribution in [2.45, 2.75) is 6.10 Å². The summed E-state index contributed by atoms with van der Waals surface area (Å²) in [7, 11) is 0.